The predicted octanol–water partition coefficient (Wildman–Crippen LogP) is 2.83. The number of H-pyrrole nitrogens is 1. The topological polar surface area (TPSA) is 48.5 Å². The average molecular weight is 312 g/mol. The van der Waals surface area contributed by atoms with Crippen molar-refractivity contribution in [2.24, 2.45) is 11.8 Å². The Morgan fingerprint density at radius 3 is 3.13 bits per heavy atom. The molecule has 0 spiro atoms. The number of aromatic amines is 1. The molecule has 1 aromatic heterocycles. The fourth-order valence-corrected chi connectivity index (χ4v) is 5.16. The second kappa shape index (κ2) is 4.82. The Bertz CT molecular complexity index is 751. The molecule has 5 rings (SSSR count). The summed E-state index contributed by atoms with van der Waals surface area (Å²) in [5, 5.41) is 12.0. The Hall–Kier alpha value is -1.36. The number of aromatic nitrogens is 1. The van der Waals surface area contributed by atoms with Crippen LogP contribution >= 0.6 is 0 Å². The third kappa shape index (κ3) is 2.02. The summed E-state index contributed by atoms with van der Waals surface area (Å²) in [6.07, 6.45) is 3.29. The number of hydrogen-bond donors (Lipinski definition) is 2. The minimum atomic E-state index is -0.964. The molecular weight excluding hydrogens is 288 g/mol. The van der Waals surface area contributed by atoms with Crippen LogP contribution in [0.25, 0.3) is 10.9 Å². The first-order valence-electron chi connectivity index (χ1n) is 8.83. The van der Waals surface area contributed by atoms with Crippen LogP contribution in [0.1, 0.15) is 37.1 Å². The van der Waals surface area contributed by atoms with Gasteiger partial charge in [0.2, 0.25) is 0 Å². The van der Waals surface area contributed by atoms with Crippen LogP contribution < -0.4 is 0 Å². The molecule has 3 aliphatic heterocycles. The fraction of sp³-hybridized carbons (Fsp3) is 0.579. The molecule has 0 amide bonds. The smallest absolute Gasteiger partial charge is 0.166 e. The van der Waals surface area contributed by atoms with Crippen molar-refractivity contribution in [1.29, 1.82) is 0 Å². The molecule has 0 radical (unpaired) electrons. The zero-order valence-electron chi connectivity index (χ0n) is 13.6. The van der Waals surface area contributed by atoms with E-state index >= 15 is 0 Å². The van der Waals surface area contributed by atoms with Crippen LogP contribution in [0.3, 0.4) is 0 Å². The molecule has 3 aliphatic rings. The van der Waals surface area contributed by atoms with E-state index in [1.807, 2.05) is 6.92 Å². The molecular formula is C19H24N2O2. The van der Waals surface area contributed by atoms with Gasteiger partial charge in [0.1, 0.15) is 0 Å². The minimum Gasteiger partial charge on any atom is -0.365 e. The SMILES string of the molecule is C[C@@]1(O)OCC[C@H]2C[C@H]3c4[nH]c5ccccc5c4CCN3C[C@@H]21. The molecule has 2 aromatic rings. The van der Waals surface area contributed by atoms with E-state index < -0.39 is 5.79 Å². The van der Waals surface area contributed by atoms with E-state index in [2.05, 4.69) is 34.1 Å². The maximum Gasteiger partial charge on any atom is 0.166 e. The van der Waals surface area contributed by atoms with Crippen LogP contribution in [0.2, 0.25) is 0 Å². The number of benzene rings is 1. The van der Waals surface area contributed by atoms with Crippen LogP contribution in [0.4, 0.5) is 0 Å². The quantitative estimate of drug-likeness (QED) is 0.786. The highest BCUT2D eigenvalue weighted by Gasteiger charge is 2.49. The number of piperidine rings is 1. The van der Waals surface area contributed by atoms with E-state index in [1.54, 1.807) is 0 Å². The van der Waals surface area contributed by atoms with Crippen LogP contribution in [0, 0.1) is 11.8 Å². The number of fused-ring (bicyclic) bond motifs is 6. The fourth-order valence-electron chi connectivity index (χ4n) is 5.16. The summed E-state index contributed by atoms with van der Waals surface area (Å²) in [5.74, 6) is -0.176. The van der Waals surface area contributed by atoms with Gasteiger partial charge in [-0.3, -0.25) is 4.90 Å². The van der Waals surface area contributed by atoms with E-state index in [4.69, 9.17) is 4.74 Å². The number of nitrogens with one attached hydrogen (secondary N) is 1. The standard InChI is InChI=1S/C19H24N2O2/c1-19(22)15-11-21-8-6-14-13-4-2-3-5-16(13)20-18(14)17(21)10-12(15)7-9-23-19/h2-5,12,15,17,20,22H,6-11H2,1H3/t12-,15-,17-,19+/m0/s1. The summed E-state index contributed by atoms with van der Waals surface area (Å²) >= 11 is 0. The monoisotopic (exact) mass is 312 g/mol. The molecule has 4 nitrogen and oxygen atoms in total. The van der Waals surface area contributed by atoms with Crippen molar-refractivity contribution in [2.45, 2.75) is 38.0 Å². The summed E-state index contributed by atoms with van der Waals surface area (Å²) in [7, 11) is 0. The van der Waals surface area contributed by atoms with Gasteiger partial charge < -0.3 is 14.8 Å². The molecule has 122 valence electrons. The highest BCUT2D eigenvalue weighted by Crippen LogP contribution is 2.48. The largest absolute Gasteiger partial charge is 0.365 e. The Morgan fingerprint density at radius 1 is 1.35 bits per heavy atom. The van der Waals surface area contributed by atoms with Crippen molar-refractivity contribution in [1.82, 2.24) is 9.88 Å². The Kier molecular flexibility index (Phi) is 2.94. The van der Waals surface area contributed by atoms with Crippen LogP contribution in [-0.4, -0.2) is 40.5 Å². The summed E-state index contributed by atoms with van der Waals surface area (Å²) in [6.45, 7) is 4.55. The zero-order chi connectivity index (χ0) is 15.6. The van der Waals surface area contributed by atoms with Crippen molar-refractivity contribution in [2.75, 3.05) is 19.7 Å². The molecule has 2 fully saturated rings. The van der Waals surface area contributed by atoms with Crippen molar-refractivity contribution in [3.05, 3.63) is 35.5 Å². The number of nitrogens with zero attached hydrogens (tertiary/aromatic N) is 1. The molecule has 0 aliphatic carbocycles. The molecule has 0 unspecified atom stereocenters. The van der Waals surface area contributed by atoms with Crippen molar-refractivity contribution >= 4 is 10.9 Å². The van der Waals surface area contributed by atoms with Gasteiger partial charge in [-0.05, 0) is 43.7 Å². The normalized spacial score (nSPS) is 37.2. The molecule has 0 bridgehead atoms. The van der Waals surface area contributed by atoms with Gasteiger partial charge in [0.05, 0.1) is 12.6 Å². The number of ether oxygens (including phenoxy) is 1. The maximum absolute atomic E-state index is 10.6. The highest BCUT2D eigenvalue weighted by atomic mass is 16.6. The average Bonchev–Trinajstić information content (AvgIpc) is 2.92. The van der Waals surface area contributed by atoms with Gasteiger partial charge in [-0.2, -0.15) is 0 Å². The molecule has 4 heteroatoms. The van der Waals surface area contributed by atoms with Crippen molar-refractivity contribution in [3.8, 4) is 0 Å². The molecule has 1 aromatic carbocycles. The lowest BCUT2D eigenvalue weighted by Crippen LogP contribution is -2.56. The van der Waals surface area contributed by atoms with E-state index in [9.17, 15) is 5.11 Å². The van der Waals surface area contributed by atoms with Crippen LogP contribution in [0.15, 0.2) is 24.3 Å². The van der Waals surface area contributed by atoms with E-state index in [-0.39, 0.29) is 5.92 Å². The lowest BCUT2D eigenvalue weighted by molar-refractivity contribution is -0.272. The maximum atomic E-state index is 10.6. The first-order chi connectivity index (χ1) is 11.1. The lowest BCUT2D eigenvalue weighted by Gasteiger charge is -2.52. The van der Waals surface area contributed by atoms with E-state index in [0.29, 0.717) is 18.6 Å². The van der Waals surface area contributed by atoms with E-state index in [0.717, 1.165) is 32.4 Å². The molecule has 23 heavy (non-hydrogen) atoms. The summed E-state index contributed by atoms with van der Waals surface area (Å²) < 4.78 is 5.65. The molecule has 0 saturated carbocycles. The number of aliphatic hydroxyl groups is 1. The van der Waals surface area contributed by atoms with Gasteiger partial charge in [0.25, 0.3) is 0 Å². The number of para-hydroxylation sites is 1. The van der Waals surface area contributed by atoms with E-state index in [1.165, 1.54) is 22.2 Å². The second-order valence-electron chi connectivity index (χ2n) is 7.62. The van der Waals surface area contributed by atoms with Gasteiger partial charge in [-0.15, -0.1) is 0 Å². The highest BCUT2D eigenvalue weighted by molar-refractivity contribution is 5.85. The van der Waals surface area contributed by atoms with Gasteiger partial charge >= 0.3 is 0 Å². The van der Waals surface area contributed by atoms with Gasteiger partial charge in [-0.25, -0.2) is 0 Å². The Balaban J connectivity index is 1.54. The second-order valence-corrected chi connectivity index (χ2v) is 7.62. The molecule has 2 saturated heterocycles. The molecule has 2 N–H and O–H groups in total. The lowest BCUT2D eigenvalue weighted by atomic mass is 9.72. The molecule has 4 heterocycles. The Labute approximate surface area is 136 Å². The molecule has 4 atom stereocenters. The van der Waals surface area contributed by atoms with Gasteiger partial charge in [-0.1, -0.05) is 18.2 Å². The first-order valence-corrected chi connectivity index (χ1v) is 8.83. The van der Waals surface area contributed by atoms with Crippen molar-refractivity contribution < 1.29 is 9.84 Å². The number of hydrogen-bond acceptors (Lipinski definition) is 3. The third-order valence-corrected chi connectivity index (χ3v) is 6.37. The summed E-state index contributed by atoms with van der Waals surface area (Å²) in [5.41, 5.74) is 4.20. The summed E-state index contributed by atoms with van der Waals surface area (Å²) in [4.78, 5) is 6.25. The van der Waals surface area contributed by atoms with Crippen LogP contribution in [0.5, 0.6) is 0 Å². The van der Waals surface area contributed by atoms with Crippen molar-refractivity contribution in [3.63, 3.8) is 0 Å². The zero-order valence-corrected chi connectivity index (χ0v) is 13.6. The van der Waals surface area contributed by atoms with Crippen LogP contribution in [-0.2, 0) is 11.2 Å². The van der Waals surface area contributed by atoms with Gasteiger partial charge in [0.15, 0.2) is 5.79 Å². The minimum absolute atomic E-state index is 0.235. The Morgan fingerprint density at radius 2 is 2.22 bits per heavy atom. The van der Waals surface area contributed by atoms with Gasteiger partial charge in [0, 0.05) is 35.6 Å². The predicted molar refractivity (Wildman–Crippen MR) is 89.1 cm³/mol. The third-order valence-electron chi connectivity index (χ3n) is 6.37. The number of rotatable bonds is 0. The summed E-state index contributed by atoms with van der Waals surface area (Å²) in [6, 6.07) is 9.14. The first kappa shape index (κ1) is 14.0.